The molecule has 0 aliphatic carbocycles. The number of aromatic nitrogens is 4. The first-order chi connectivity index (χ1) is 13.4. The fourth-order valence-electron chi connectivity index (χ4n) is 2.56. The highest BCUT2D eigenvalue weighted by molar-refractivity contribution is 7.99. The van der Waals surface area contributed by atoms with Crippen LogP contribution >= 0.6 is 11.8 Å². The minimum Gasteiger partial charge on any atom is -0.480 e. The average molecular weight is 399 g/mol. The molecule has 1 atom stereocenters. The van der Waals surface area contributed by atoms with Crippen LogP contribution in [0.25, 0.3) is 11.1 Å². The van der Waals surface area contributed by atoms with E-state index in [1.807, 2.05) is 48.5 Å². The van der Waals surface area contributed by atoms with Crippen LogP contribution < -0.4 is 5.73 Å². The third-order valence-corrected chi connectivity index (χ3v) is 4.82. The van der Waals surface area contributed by atoms with Gasteiger partial charge >= 0.3 is 11.9 Å². The van der Waals surface area contributed by atoms with E-state index in [0.29, 0.717) is 5.16 Å². The van der Waals surface area contributed by atoms with Gasteiger partial charge in [0.05, 0.1) is 0 Å². The van der Waals surface area contributed by atoms with Crippen molar-refractivity contribution in [2.24, 2.45) is 5.73 Å². The van der Waals surface area contributed by atoms with Crippen LogP contribution in [-0.2, 0) is 22.6 Å². The van der Waals surface area contributed by atoms with Gasteiger partial charge < -0.3 is 15.9 Å². The number of tetrazole rings is 1. The number of benzene rings is 2. The van der Waals surface area contributed by atoms with Crippen molar-refractivity contribution >= 4 is 23.7 Å². The Hall–Kier alpha value is -3.24. The summed E-state index contributed by atoms with van der Waals surface area (Å²) in [7, 11) is 0. The Labute approximate surface area is 164 Å². The van der Waals surface area contributed by atoms with Crippen molar-refractivity contribution in [3.05, 3.63) is 54.1 Å². The van der Waals surface area contributed by atoms with E-state index in [1.54, 1.807) is 0 Å². The molecule has 1 unspecified atom stereocenters. The predicted molar refractivity (Wildman–Crippen MR) is 101 cm³/mol. The highest BCUT2D eigenvalue weighted by Gasteiger charge is 2.13. The highest BCUT2D eigenvalue weighted by atomic mass is 32.2. The predicted octanol–water partition coefficient (Wildman–Crippen LogP) is 1.53. The van der Waals surface area contributed by atoms with Crippen LogP contribution in [0.5, 0.6) is 0 Å². The van der Waals surface area contributed by atoms with Crippen molar-refractivity contribution in [3.63, 3.8) is 0 Å². The summed E-state index contributed by atoms with van der Waals surface area (Å²) < 4.78 is 1.22. The highest BCUT2D eigenvalue weighted by Crippen LogP contribution is 2.30. The standard InChI is InChI=1S/C18H17N5O4S/c19-15(17(26)27)8-11-3-1-4-12(7-11)13-5-2-6-14(9-13)28-18-20-21-22-23(18)10-16(24)25/h1-7,9,15H,8,10,19H2,(H,24,25)(H,26,27). The lowest BCUT2D eigenvalue weighted by Crippen LogP contribution is -2.32. The lowest BCUT2D eigenvalue weighted by molar-refractivity contribution is -0.139. The lowest BCUT2D eigenvalue weighted by Gasteiger charge is -2.09. The zero-order valence-corrected chi connectivity index (χ0v) is 15.4. The van der Waals surface area contributed by atoms with Crippen LogP contribution in [0, 0.1) is 0 Å². The first kappa shape index (κ1) is 19.5. The van der Waals surface area contributed by atoms with Gasteiger partial charge in [0, 0.05) is 4.90 Å². The SMILES string of the molecule is NC(Cc1cccc(-c2cccc(Sc3nnnn3CC(=O)O)c2)c1)C(=O)O. The first-order valence-electron chi connectivity index (χ1n) is 8.26. The molecule has 2 aromatic carbocycles. The maximum absolute atomic E-state index is 11.0. The monoisotopic (exact) mass is 399 g/mol. The Morgan fingerprint density at radius 2 is 1.82 bits per heavy atom. The van der Waals surface area contributed by atoms with Gasteiger partial charge in [0.25, 0.3) is 0 Å². The molecule has 4 N–H and O–H groups in total. The summed E-state index contributed by atoms with van der Waals surface area (Å²) in [5.41, 5.74) is 8.29. The number of hydrogen-bond donors (Lipinski definition) is 3. The van der Waals surface area contributed by atoms with Crippen molar-refractivity contribution in [1.29, 1.82) is 0 Å². The summed E-state index contributed by atoms with van der Waals surface area (Å²) in [6.07, 6.45) is 0.238. The maximum Gasteiger partial charge on any atom is 0.325 e. The van der Waals surface area contributed by atoms with E-state index >= 15 is 0 Å². The second kappa shape index (κ2) is 8.63. The topological polar surface area (TPSA) is 144 Å². The van der Waals surface area contributed by atoms with E-state index < -0.39 is 18.0 Å². The van der Waals surface area contributed by atoms with E-state index in [1.165, 1.54) is 16.4 Å². The summed E-state index contributed by atoms with van der Waals surface area (Å²) in [6.45, 7) is -0.319. The third kappa shape index (κ3) is 4.93. The summed E-state index contributed by atoms with van der Waals surface area (Å²) in [4.78, 5) is 22.7. The second-order valence-electron chi connectivity index (χ2n) is 5.99. The van der Waals surface area contributed by atoms with Crippen molar-refractivity contribution in [2.45, 2.75) is 29.1 Å². The van der Waals surface area contributed by atoms with Crippen molar-refractivity contribution in [2.75, 3.05) is 0 Å². The molecule has 0 spiro atoms. The molecule has 0 aliphatic heterocycles. The van der Waals surface area contributed by atoms with Gasteiger partial charge in [-0.05, 0) is 57.4 Å². The molecule has 9 nitrogen and oxygen atoms in total. The molecule has 0 bridgehead atoms. The molecule has 3 rings (SSSR count). The van der Waals surface area contributed by atoms with Gasteiger partial charge in [0.1, 0.15) is 12.6 Å². The Morgan fingerprint density at radius 1 is 1.11 bits per heavy atom. The smallest absolute Gasteiger partial charge is 0.325 e. The molecule has 0 fully saturated rings. The number of aliphatic carboxylic acids is 2. The van der Waals surface area contributed by atoms with Crippen LogP contribution in [0.4, 0.5) is 0 Å². The van der Waals surface area contributed by atoms with E-state index in [-0.39, 0.29) is 13.0 Å². The molecule has 0 saturated carbocycles. The lowest BCUT2D eigenvalue weighted by atomic mass is 10.00. The van der Waals surface area contributed by atoms with E-state index in [0.717, 1.165) is 21.6 Å². The molecule has 28 heavy (non-hydrogen) atoms. The molecule has 0 amide bonds. The molecular formula is C18H17N5O4S. The van der Waals surface area contributed by atoms with Gasteiger partial charge in [-0.2, -0.15) is 0 Å². The van der Waals surface area contributed by atoms with Crippen LogP contribution in [0.1, 0.15) is 5.56 Å². The third-order valence-electron chi connectivity index (χ3n) is 3.86. The van der Waals surface area contributed by atoms with Gasteiger partial charge in [0.2, 0.25) is 5.16 Å². The fraction of sp³-hybridized carbons (Fsp3) is 0.167. The number of rotatable bonds is 8. The van der Waals surface area contributed by atoms with Gasteiger partial charge in [-0.3, -0.25) is 9.59 Å². The fourth-order valence-corrected chi connectivity index (χ4v) is 3.39. The van der Waals surface area contributed by atoms with Crippen molar-refractivity contribution < 1.29 is 19.8 Å². The molecular weight excluding hydrogens is 382 g/mol. The Morgan fingerprint density at radius 3 is 2.54 bits per heavy atom. The Bertz CT molecular complexity index is 1010. The van der Waals surface area contributed by atoms with Crippen LogP contribution in [0.2, 0.25) is 0 Å². The molecule has 0 saturated heterocycles. The van der Waals surface area contributed by atoms with Crippen LogP contribution in [0.15, 0.2) is 58.6 Å². The molecule has 3 aromatic rings. The van der Waals surface area contributed by atoms with Gasteiger partial charge in [-0.15, -0.1) is 5.10 Å². The maximum atomic E-state index is 11.0. The van der Waals surface area contributed by atoms with Gasteiger partial charge in [-0.25, -0.2) is 4.68 Å². The number of carboxylic acid groups (broad SMARTS) is 2. The number of nitrogens with two attached hydrogens (primary N) is 1. The summed E-state index contributed by atoms with van der Waals surface area (Å²) >= 11 is 1.26. The second-order valence-corrected chi connectivity index (χ2v) is 7.03. The summed E-state index contributed by atoms with van der Waals surface area (Å²) in [5, 5.41) is 29.3. The zero-order valence-electron chi connectivity index (χ0n) is 14.6. The first-order valence-corrected chi connectivity index (χ1v) is 9.07. The van der Waals surface area contributed by atoms with Crippen LogP contribution in [-0.4, -0.2) is 48.4 Å². The normalized spacial score (nSPS) is 11.9. The summed E-state index contributed by atoms with van der Waals surface area (Å²) in [5.74, 6) is -2.07. The zero-order chi connectivity index (χ0) is 20.1. The minimum absolute atomic E-state index is 0.238. The molecule has 1 heterocycles. The molecule has 144 valence electrons. The molecule has 10 heteroatoms. The molecule has 0 aliphatic rings. The van der Waals surface area contributed by atoms with E-state index in [4.69, 9.17) is 15.9 Å². The number of carbonyl (C=O) groups is 2. The van der Waals surface area contributed by atoms with Crippen molar-refractivity contribution in [1.82, 2.24) is 20.2 Å². The average Bonchev–Trinajstić information content (AvgIpc) is 3.08. The van der Waals surface area contributed by atoms with Gasteiger partial charge in [-0.1, -0.05) is 36.4 Å². The number of hydrogen-bond acceptors (Lipinski definition) is 7. The van der Waals surface area contributed by atoms with E-state index in [2.05, 4.69) is 15.5 Å². The Kier molecular flexibility index (Phi) is 6.02. The largest absolute Gasteiger partial charge is 0.480 e. The Balaban J connectivity index is 1.81. The van der Waals surface area contributed by atoms with Gasteiger partial charge in [0.15, 0.2) is 0 Å². The molecule has 1 aromatic heterocycles. The van der Waals surface area contributed by atoms with E-state index in [9.17, 15) is 9.59 Å². The van der Waals surface area contributed by atoms with Crippen LogP contribution in [0.3, 0.4) is 0 Å². The minimum atomic E-state index is -1.04. The number of carboxylic acids is 2. The summed E-state index contributed by atoms with van der Waals surface area (Å²) in [6, 6.07) is 14.2. The van der Waals surface area contributed by atoms with Crippen molar-refractivity contribution in [3.8, 4) is 11.1 Å². The number of nitrogens with zero attached hydrogens (tertiary/aromatic N) is 4. The quantitative estimate of drug-likeness (QED) is 0.513. The molecule has 0 radical (unpaired) electrons.